The third-order valence-corrected chi connectivity index (χ3v) is 4.08. The number of ether oxygens (including phenoxy) is 1. The first-order valence-electron chi connectivity index (χ1n) is 4.95. The second-order valence-corrected chi connectivity index (χ2v) is 5.98. The van der Waals surface area contributed by atoms with Crippen molar-refractivity contribution in [1.29, 1.82) is 0 Å². The summed E-state index contributed by atoms with van der Waals surface area (Å²) in [5, 5.41) is 0.469. The standard InChI is InChI=1S/C10H13ClNO5P/c1-15-18(14,16-2)7-9(13)6-17-10-4-3-8(11)5-12-10/h3-5H,6-7H2,1-2H3. The zero-order chi connectivity index (χ0) is 13.6. The fourth-order valence-electron chi connectivity index (χ4n) is 1.07. The van der Waals surface area contributed by atoms with Crippen LogP contribution in [0.2, 0.25) is 5.02 Å². The summed E-state index contributed by atoms with van der Waals surface area (Å²) < 4.78 is 26.1. The van der Waals surface area contributed by atoms with Crippen LogP contribution in [0.5, 0.6) is 5.88 Å². The molecular weight excluding hydrogens is 281 g/mol. The lowest BCUT2D eigenvalue weighted by Gasteiger charge is -2.12. The van der Waals surface area contributed by atoms with E-state index in [0.717, 1.165) is 0 Å². The molecule has 0 saturated carbocycles. The number of hydrogen-bond donors (Lipinski definition) is 0. The van der Waals surface area contributed by atoms with Gasteiger partial charge in [-0.25, -0.2) is 4.98 Å². The molecule has 0 unspecified atom stereocenters. The molecule has 0 aliphatic carbocycles. The molecule has 8 heteroatoms. The third kappa shape index (κ3) is 4.74. The highest BCUT2D eigenvalue weighted by molar-refractivity contribution is 7.54. The van der Waals surface area contributed by atoms with Gasteiger partial charge in [0, 0.05) is 26.5 Å². The van der Waals surface area contributed by atoms with E-state index in [-0.39, 0.29) is 18.6 Å². The summed E-state index contributed by atoms with van der Waals surface area (Å²) in [5.41, 5.74) is 0. The van der Waals surface area contributed by atoms with Crippen molar-refractivity contribution >= 4 is 25.0 Å². The van der Waals surface area contributed by atoms with Crippen LogP contribution in [-0.4, -0.2) is 37.8 Å². The van der Waals surface area contributed by atoms with Crippen molar-refractivity contribution in [2.24, 2.45) is 0 Å². The average Bonchev–Trinajstić information content (AvgIpc) is 2.38. The summed E-state index contributed by atoms with van der Waals surface area (Å²) >= 11 is 5.64. The molecule has 1 aromatic rings. The molecule has 0 aliphatic heterocycles. The summed E-state index contributed by atoms with van der Waals surface area (Å²) in [6, 6.07) is 3.12. The summed E-state index contributed by atoms with van der Waals surface area (Å²) in [4.78, 5) is 15.4. The zero-order valence-electron chi connectivity index (χ0n) is 9.96. The zero-order valence-corrected chi connectivity index (χ0v) is 11.6. The SMILES string of the molecule is COP(=O)(CC(=O)COc1ccc(Cl)cn1)OC. The first kappa shape index (κ1) is 15.1. The van der Waals surface area contributed by atoms with E-state index in [1.165, 1.54) is 26.5 Å². The maximum atomic E-state index is 11.7. The molecule has 6 nitrogen and oxygen atoms in total. The van der Waals surface area contributed by atoms with Crippen LogP contribution in [-0.2, 0) is 18.4 Å². The average molecular weight is 294 g/mol. The minimum absolute atomic E-state index is 0.259. The van der Waals surface area contributed by atoms with Gasteiger partial charge in [0.05, 0.1) is 5.02 Å². The molecule has 0 N–H and O–H groups in total. The molecule has 0 bridgehead atoms. The van der Waals surface area contributed by atoms with E-state index < -0.39 is 13.4 Å². The summed E-state index contributed by atoms with van der Waals surface area (Å²) in [7, 11) is -0.895. The highest BCUT2D eigenvalue weighted by Crippen LogP contribution is 2.45. The number of pyridine rings is 1. The normalized spacial score (nSPS) is 11.3. The van der Waals surface area contributed by atoms with Crippen LogP contribution in [0.25, 0.3) is 0 Å². The molecule has 0 atom stereocenters. The lowest BCUT2D eigenvalue weighted by atomic mass is 10.4. The van der Waals surface area contributed by atoms with Gasteiger partial charge in [-0.3, -0.25) is 9.36 Å². The lowest BCUT2D eigenvalue weighted by Crippen LogP contribution is -2.17. The number of ketones is 1. The molecule has 0 fully saturated rings. The summed E-state index contributed by atoms with van der Waals surface area (Å²) in [6.45, 7) is -0.259. The van der Waals surface area contributed by atoms with Crippen molar-refractivity contribution in [3.63, 3.8) is 0 Å². The number of hydrogen-bond acceptors (Lipinski definition) is 6. The van der Waals surface area contributed by atoms with Crippen molar-refractivity contribution in [1.82, 2.24) is 4.98 Å². The van der Waals surface area contributed by atoms with E-state index in [9.17, 15) is 9.36 Å². The van der Waals surface area contributed by atoms with Gasteiger partial charge in [-0.2, -0.15) is 0 Å². The number of halogens is 1. The Morgan fingerprint density at radius 3 is 2.56 bits per heavy atom. The first-order chi connectivity index (χ1) is 8.49. The molecule has 0 saturated heterocycles. The number of nitrogens with zero attached hydrogens (tertiary/aromatic N) is 1. The van der Waals surface area contributed by atoms with Crippen LogP contribution in [0.1, 0.15) is 0 Å². The van der Waals surface area contributed by atoms with Gasteiger partial charge >= 0.3 is 7.60 Å². The van der Waals surface area contributed by atoms with Gasteiger partial charge in [-0.05, 0) is 6.07 Å². The van der Waals surface area contributed by atoms with Gasteiger partial charge in [-0.1, -0.05) is 11.6 Å². The Balaban J connectivity index is 2.46. The van der Waals surface area contributed by atoms with E-state index in [1.807, 2.05) is 0 Å². The van der Waals surface area contributed by atoms with Crippen molar-refractivity contribution < 1.29 is 23.1 Å². The molecule has 0 amide bonds. The predicted molar refractivity (Wildman–Crippen MR) is 66.2 cm³/mol. The van der Waals surface area contributed by atoms with Crippen LogP contribution in [0.3, 0.4) is 0 Å². The van der Waals surface area contributed by atoms with Crippen LogP contribution in [0.4, 0.5) is 0 Å². The molecule has 1 aromatic heterocycles. The van der Waals surface area contributed by atoms with Gasteiger partial charge in [0.1, 0.15) is 12.8 Å². The minimum atomic E-state index is -3.34. The third-order valence-electron chi connectivity index (χ3n) is 2.01. The molecular formula is C10H13ClNO5P. The van der Waals surface area contributed by atoms with Crippen LogP contribution in [0.15, 0.2) is 18.3 Å². The largest absolute Gasteiger partial charge is 0.470 e. The molecule has 0 aromatic carbocycles. The lowest BCUT2D eigenvalue weighted by molar-refractivity contribution is -0.118. The van der Waals surface area contributed by atoms with Gasteiger partial charge < -0.3 is 13.8 Å². The van der Waals surface area contributed by atoms with E-state index >= 15 is 0 Å². The number of aromatic nitrogens is 1. The second kappa shape index (κ2) is 6.85. The maximum Gasteiger partial charge on any atom is 0.337 e. The fourth-order valence-corrected chi connectivity index (χ4v) is 2.11. The Morgan fingerprint density at radius 2 is 2.06 bits per heavy atom. The van der Waals surface area contributed by atoms with Crippen molar-refractivity contribution in [3.8, 4) is 5.88 Å². The fraction of sp³-hybridized carbons (Fsp3) is 0.400. The van der Waals surface area contributed by atoms with Crippen LogP contribution >= 0.6 is 19.2 Å². The monoisotopic (exact) mass is 293 g/mol. The Hall–Kier alpha value is -0.940. The van der Waals surface area contributed by atoms with E-state index in [4.69, 9.17) is 16.3 Å². The quantitative estimate of drug-likeness (QED) is 0.717. The molecule has 100 valence electrons. The Morgan fingerprint density at radius 1 is 1.39 bits per heavy atom. The van der Waals surface area contributed by atoms with E-state index in [1.54, 1.807) is 6.07 Å². The molecule has 18 heavy (non-hydrogen) atoms. The summed E-state index contributed by atoms with van der Waals surface area (Å²) in [6.07, 6.45) is 1.06. The van der Waals surface area contributed by atoms with Crippen LogP contribution < -0.4 is 4.74 Å². The molecule has 0 radical (unpaired) electrons. The first-order valence-corrected chi connectivity index (χ1v) is 7.06. The smallest absolute Gasteiger partial charge is 0.337 e. The van der Waals surface area contributed by atoms with Gasteiger partial charge in [-0.15, -0.1) is 0 Å². The van der Waals surface area contributed by atoms with Gasteiger partial charge in [0.15, 0.2) is 5.78 Å². The Bertz CT molecular complexity index is 442. The summed E-state index contributed by atoms with van der Waals surface area (Å²) in [5.74, 6) is -0.142. The Labute approximate surface area is 110 Å². The topological polar surface area (TPSA) is 74.7 Å². The van der Waals surface area contributed by atoms with Crippen LogP contribution in [0, 0.1) is 0 Å². The van der Waals surface area contributed by atoms with Crippen molar-refractivity contribution in [3.05, 3.63) is 23.4 Å². The minimum Gasteiger partial charge on any atom is -0.470 e. The van der Waals surface area contributed by atoms with Gasteiger partial charge in [0.2, 0.25) is 5.88 Å². The number of rotatable bonds is 7. The second-order valence-electron chi connectivity index (χ2n) is 3.28. The highest BCUT2D eigenvalue weighted by Gasteiger charge is 2.25. The number of Topliss-reactive ketones (excluding diaryl/α,β-unsaturated/α-hetero) is 1. The highest BCUT2D eigenvalue weighted by atomic mass is 35.5. The predicted octanol–water partition coefficient (Wildman–Crippen LogP) is 2.17. The number of carbonyl (C=O) groups is 1. The Kier molecular flexibility index (Phi) is 5.75. The molecule has 1 heterocycles. The van der Waals surface area contributed by atoms with Gasteiger partial charge in [0.25, 0.3) is 0 Å². The van der Waals surface area contributed by atoms with Crippen molar-refractivity contribution in [2.45, 2.75) is 0 Å². The molecule has 0 aliphatic rings. The van der Waals surface area contributed by atoms with E-state index in [2.05, 4.69) is 14.0 Å². The molecule has 0 spiro atoms. The number of carbonyl (C=O) groups excluding carboxylic acids is 1. The maximum absolute atomic E-state index is 11.7. The molecule has 1 rings (SSSR count). The van der Waals surface area contributed by atoms with E-state index in [0.29, 0.717) is 5.02 Å². The van der Waals surface area contributed by atoms with Crippen molar-refractivity contribution in [2.75, 3.05) is 27.0 Å².